The number of nitrogens with zero attached hydrogens (tertiary/aromatic N) is 4. The summed E-state index contributed by atoms with van der Waals surface area (Å²) in [5, 5.41) is 7.23. The number of hydrogen-bond donors (Lipinski definition) is 1. The molecule has 6 nitrogen and oxygen atoms in total. The first-order chi connectivity index (χ1) is 12.1. The van der Waals surface area contributed by atoms with E-state index in [2.05, 4.69) is 27.0 Å². The van der Waals surface area contributed by atoms with E-state index in [9.17, 15) is 4.79 Å². The molecule has 0 aliphatic carbocycles. The number of nitrogens with one attached hydrogen (secondary N) is 1. The lowest BCUT2D eigenvalue weighted by molar-refractivity contribution is -0.135. The van der Waals surface area contributed by atoms with Crippen molar-refractivity contribution in [3.63, 3.8) is 0 Å². The second kappa shape index (κ2) is 8.25. The number of aryl methyl sites for hydroxylation is 1. The van der Waals surface area contributed by atoms with Crippen molar-refractivity contribution in [3.05, 3.63) is 47.5 Å². The van der Waals surface area contributed by atoms with E-state index in [4.69, 9.17) is 0 Å². The summed E-state index contributed by atoms with van der Waals surface area (Å²) in [7, 11) is 2.04. The minimum absolute atomic E-state index is 0.143. The third kappa shape index (κ3) is 4.45. The van der Waals surface area contributed by atoms with Crippen LogP contribution in [0.1, 0.15) is 48.7 Å². The predicted octanol–water partition coefficient (Wildman–Crippen LogP) is 2.69. The summed E-state index contributed by atoms with van der Waals surface area (Å²) in [6, 6.07) is 6.07. The molecule has 3 rings (SSSR count). The summed E-state index contributed by atoms with van der Waals surface area (Å²) in [5.74, 6) is 0.228. The van der Waals surface area contributed by atoms with Gasteiger partial charge in [0.25, 0.3) is 0 Å². The number of aromatic amines is 1. The summed E-state index contributed by atoms with van der Waals surface area (Å²) < 4.78 is 0. The van der Waals surface area contributed by atoms with E-state index < -0.39 is 0 Å². The van der Waals surface area contributed by atoms with Crippen LogP contribution in [0, 0.1) is 6.92 Å². The summed E-state index contributed by atoms with van der Waals surface area (Å²) in [6.07, 6.45) is 7.43. The van der Waals surface area contributed by atoms with Crippen LogP contribution in [0.15, 0.2) is 30.6 Å². The number of pyridine rings is 1. The third-order valence-electron chi connectivity index (χ3n) is 4.89. The van der Waals surface area contributed by atoms with Crippen LogP contribution in [0.2, 0.25) is 0 Å². The lowest BCUT2D eigenvalue weighted by Crippen LogP contribution is -2.40. The Morgan fingerprint density at radius 2 is 2.28 bits per heavy atom. The quantitative estimate of drug-likeness (QED) is 0.877. The van der Waals surface area contributed by atoms with Crippen molar-refractivity contribution >= 4 is 5.91 Å². The Bertz CT molecular complexity index is 684. The molecule has 1 aliphatic rings. The second-order valence-electron chi connectivity index (χ2n) is 6.87. The van der Waals surface area contributed by atoms with Gasteiger partial charge in [0.1, 0.15) is 0 Å². The van der Waals surface area contributed by atoms with E-state index >= 15 is 0 Å². The van der Waals surface area contributed by atoms with Crippen molar-refractivity contribution in [3.8, 4) is 0 Å². The van der Waals surface area contributed by atoms with Gasteiger partial charge in [-0.2, -0.15) is 5.10 Å². The van der Waals surface area contributed by atoms with Crippen LogP contribution in [0.3, 0.4) is 0 Å². The Kier molecular flexibility index (Phi) is 5.81. The van der Waals surface area contributed by atoms with Crippen LogP contribution < -0.4 is 0 Å². The molecule has 0 bridgehead atoms. The number of aromatic nitrogens is 3. The largest absolute Gasteiger partial charge is 0.334 e. The standard InChI is InChI=1S/C19H27N5O/c1-15-13-21-22-19(15)17-8-4-6-11-24(17)18(25)9-12-23(2)14-16-7-3-5-10-20-16/h3,5,7,10,13,17H,4,6,8-9,11-12,14H2,1-2H3,(H,21,22)/t17-/m0/s1. The molecule has 25 heavy (non-hydrogen) atoms. The predicted molar refractivity (Wildman–Crippen MR) is 96.8 cm³/mol. The molecular weight excluding hydrogens is 314 g/mol. The molecule has 0 saturated carbocycles. The molecule has 1 fully saturated rings. The highest BCUT2D eigenvalue weighted by Crippen LogP contribution is 2.31. The summed E-state index contributed by atoms with van der Waals surface area (Å²) in [4.78, 5) is 21.4. The number of amides is 1. The average Bonchev–Trinajstić information content (AvgIpc) is 3.06. The van der Waals surface area contributed by atoms with Crippen molar-refractivity contribution in [2.24, 2.45) is 0 Å². The number of hydrogen-bond acceptors (Lipinski definition) is 4. The first kappa shape index (κ1) is 17.6. The van der Waals surface area contributed by atoms with Gasteiger partial charge in [-0.15, -0.1) is 0 Å². The fourth-order valence-electron chi connectivity index (χ4n) is 3.50. The lowest BCUT2D eigenvalue weighted by atomic mass is 9.97. The minimum Gasteiger partial charge on any atom is -0.334 e. The van der Waals surface area contributed by atoms with Crippen LogP contribution >= 0.6 is 0 Å². The van der Waals surface area contributed by atoms with Crippen molar-refractivity contribution in [1.82, 2.24) is 25.0 Å². The van der Waals surface area contributed by atoms with Crippen molar-refractivity contribution < 1.29 is 4.79 Å². The molecule has 1 N–H and O–H groups in total. The highest BCUT2D eigenvalue weighted by atomic mass is 16.2. The zero-order chi connectivity index (χ0) is 17.6. The monoisotopic (exact) mass is 341 g/mol. The van der Waals surface area contributed by atoms with Gasteiger partial charge in [0.2, 0.25) is 5.91 Å². The van der Waals surface area contributed by atoms with E-state index in [1.54, 1.807) is 6.20 Å². The number of carbonyl (C=O) groups excluding carboxylic acids is 1. The fourth-order valence-corrected chi connectivity index (χ4v) is 3.50. The normalized spacial score (nSPS) is 17.9. The Hall–Kier alpha value is -2.21. The number of rotatable bonds is 6. The third-order valence-corrected chi connectivity index (χ3v) is 4.89. The lowest BCUT2D eigenvalue weighted by Gasteiger charge is -2.36. The first-order valence-corrected chi connectivity index (χ1v) is 9.03. The topological polar surface area (TPSA) is 65.1 Å². The molecule has 1 atom stereocenters. The van der Waals surface area contributed by atoms with Crippen LogP contribution in [0.4, 0.5) is 0 Å². The summed E-state index contributed by atoms with van der Waals surface area (Å²) >= 11 is 0. The molecule has 3 heterocycles. The molecule has 0 aromatic carbocycles. The van der Waals surface area contributed by atoms with Gasteiger partial charge in [-0.1, -0.05) is 6.07 Å². The molecule has 0 unspecified atom stereocenters. The summed E-state index contributed by atoms with van der Waals surface area (Å²) in [6.45, 7) is 4.39. The maximum atomic E-state index is 12.8. The number of carbonyl (C=O) groups is 1. The highest BCUT2D eigenvalue weighted by molar-refractivity contribution is 5.77. The van der Waals surface area contributed by atoms with Crippen LogP contribution in [-0.4, -0.2) is 51.0 Å². The smallest absolute Gasteiger partial charge is 0.224 e. The van der Waals surface area contributed by atoms with Gasteiger partial charge in [-0.3, -0.25) is 14.9 Å². The molecule has 6 heteroatoms. The average molecular weight is 341 g/mol. The van der Waals surface area contributed by atoms with Gasteiger partial charge in [0.05, 0.1) is 23.6 Å². The molecular formula is C19H27N5O. The number of piperidine rings is 1. The molecule has 2 aromatic heterocycles. The molecule has 2 aromatic rings. The second-order valence-corrected chi connectivity index (χ2v) is 6.87. The van der Waals surface area contributed by atoms with E-state index in [0.717, 1.165) is 55.8 Å². The maximum absolute atomic E-state index is 12.8. The van der Waals surface area contributed by atoms with Gasteiger partial charge in [-0.05, 0) is 50.9 Å². The number of likely N-dealkylation sites (tertiary alicyclic amines) is 1. The van der Waals surface area contributed by atoms with Gasteiger partial charge in [0, 0.05) is 32.3 Å². The molecule has 1 aliphatic heterocycles. The van der Waals surface area contributed by atoms with Gasteiger partial charge in [-0.25, -0.2) is 0 Å². The first-order valence-electron chi connectivity index (χ1n) is 9.03. The fraction of sp³-hybridized carbons (Fsp3) is 0.526. The summed E-state index contributed by atoms with van der Waals surface area (Å²) in [5.41, 5.74) is 3.26. The van der Waals surface area contributed by atoms with Gasteiger partial charge >= 0.3 is 0 Å². The Labute approximate surface area is 149 Å². The number of H-pyrrole nitrogens is 1. The maximum Gasteiger partial charge on any atom is 0.224 e. The van der Waals surface area contributed by atoms with Crippen LogP contribution in [0.25, 0.3) is 0 Å². The van der Waals surface area contributed by atoms with E-state index in [1.165, 1.54) is 0 Å². The zero-order valence-electron chi connectivity index (χ0n) is 15.1. The Balaban J connectivity index is 1.56. The molecule has 0 radical (unpaired) electrons. The van der Waals surface area contributed by atoms with Crippen LogP contribution in [-0.2, 0) is 11.3 Å². The minimum atomic E-state index is 0.143. The zero-order valence-corrected chi connectivity index (χ0v) is 15.1. The van der Waals surface area contributed by atoms with Crippen molar-refractivity contribution in [2.75, 3.05) is 20.1 Å². The van der Waals surface area contributed by atoms with E-state index in [1.807, 2.05) is 36.3 Å². The molecule has 1 saturated heterocycles. The van der Waals surface area contributed by atoms with Crippen molar-refractivity contribution in [2.45, 2.75) is 45.2 Å². The van der Waals surface area contributed by atoms with Gasteiger partial charge in [0.15, 0.2) is 0 Å². The highest BCUT2D eigenvalue weighted by Gasteiger charge is 2.29. The molecule has 0 spiro atoms. The Morgan fingerprint density at radius 3 is 3.00 bits per heavy atom. The SMILES string of the molecule is Cc1cn[nH]c1[C@@H]1CCCCN1C(=O)CCN(C)Cc1ccccn1. The Morgan fingerprint density at radius 1 is 1.40 bits per heavy atom. The van der Waals surface area contributed by atoms with Crippen LogP contribution in [0.5, 0.6) is 0 Å². The van der Waals surface area contributed by atoms with E-state index in [-0.39, 0.29) is 11.9 Å². The molecule has 1 amide bonds. The van der Waals surface area contributed by atoms with Gasteiger partial charge < -0.3 is 9.80 Å². The molecule has 134 valence electrons. The van der Waals surface area contributed by atoms with E-state index in [0.29, 0.717) is 6.42 Å². The van der Waals surface area contributed by atoms with Crippen molar-refractivity contribution in [1.29, 1.82) is 0 Å².